The molecule has 2 aromatic rings. The third kappa shape index (κ3) is 5.40. The maximum absolute atomic E-state index is 13.5. The quantitative estimate of drug-likeness (QED) is 0.594. The first-order chi connectivity index (χ1) is 17.1. The van der Waals surface area contributed by atoms with E-state index in [1.807, 2.05) is 40.1 Å². The molecular formula is C28H33N3O3S. The van der Waals surface area contributed by atoms with E-state index in [0.29, 0.717) is 32.1 Å². The van der Waals surface area contributed by atoms with Crippen LogP contribution < -0.4 is 4.90 Å². The van der Waals surface area contributed by atoms with Crippen LogP contribution in [0.5, 0.6) is 0 Å². The maximum atomic E-state index is 13.5. The van der Waals surface area contributed by atoms with Crippen molar-refractivity contribution in [3.63, 3.8) is 0 Å². The van der Waals surface area contributed by atoms with Crippen LogP contribution in [0.15, 0.2) is 59.5 Å². The van der Waals surface area contributed by atoms with Crippen molar-refractivity contribution < 1.29 is 14.4 Å². The van der Waals surface area contributed by atoms with Gasteiger partial charge in [0.2, 0.25) is 11.8 Å². The second kappa shape index (κ2) is 10.9. The minimum Gasteiger partial charge on any atom is -0.341 e. The number of benzene rings is 2. The highest BCUT2D eigenvalue weighted by Crippen LogP contribution is 2.40. The van der Waals surface area contributed by atoms with E-state index in [1.54, 1.807) is 4.90 Å². The molecule has 0 aromatic heterocycles. The van der Waals surface area contributed by atoms with Gasteiger partial charge in [-0.15, -0.1) is 11.8 Å². The van der Waals surface area contributed by atoms with Gasteiger partial charge in [-0.25, -0.2) is 0 Å². The first-order valence-electron chi connectivity index (χ1n) is 12.8. The minimum absolute atomic E-state index is 0.0104. The molecule has 3 heterocycles. The summed E-state index contributed by atoms with van der Waals surface area (Å²) in [4.78, 5) is 46.2. The monoisotopic (exact) mass is 491 g/mol. The molecule has 2 aromatic carbocycles. The number of rotatable bonds is 5. The Kier molecular flexibility index (Phi) is 7.42. The summed E-state index contributed by atoms with van der Waals surface area (Å²) in [6.45, 7) is 2.84. The first kappa shape index (κ1) is 23.9. The van der Waals surface area contributed by atoms with Gasteiger partial charge in [-0.1, -0.05) is 42.5 Å². The van der Waals surface area contributed by atoms with Crippen LogP contribution in [0.1, 0.15) is 37.7 Å². The molecule has 3 aliphatic rings. The summed E-state index contributed by atoms with van der Waals surface area (Å²) in [6, 6.07) is 18.1. The summed E-state index contributed by atoms with van der Waals surface area (Å²) in [7, 11) is 0. The van der Waals surface area contributed by atoms with Crippen molar-refractivity contribution >= 4 is 35.2 Å². The third-order valence-electron chi connectivity index (χ3n) is 7.41. The Balaban J connectivity index is 1.24. The number of carbonyl (C=O) groups excluding carboxylic acids is 3. The number of carbonyl (C=O) groups is 3. The highest BCUT2D eigenvalue weighted by molar-refractivity contribution is 8.01. The van der Waals surface area contributed by atoms with Crippen LogP contribution in [0, 0.1) is 5.92 Å². The smallest absolute Gasteiger partial charge is 0.250 e. The van der Waals surface area contributed by atoms with E-state index in [-0.39, 0.29) is 24.3 Å². The van der Waals surface area contributed by atoms with Crippen molar-refractivity contribution in [2.75, 3.05) is 37.6 Å². The van der Waals surface area contributed by atoms with Gasteiger partial charge in [0, 0.05) is 31.1 Å². The normalized spacial score (nSPS) is 21.1. The maximum Gasteiger partial charge on any atom is 0.250 e. The Bertz CT molecular complexity index is 1060. The van der Waals surface area contributed by atoms with E-state index in [2.05, 4.69) is 24.3 Å². The Morgan fingerprint density at radius 1 is 0.829 bits per heavy atom. The molecule has 3 amide bonds. The van der Waals surface area contributed by atoms with Crippen LogP contribution in [0.4, 0.5) is 5.69 Å². The van der Waals surface area contributed by atoms with Gasteiger partial charge in [0.15, 0.2) is 5.25 Å². The molecule has 5 rings (SSSR count). The SMILES string of the molecule is O=C(CN1C(=O)[C@H](C(=O)N2CCCCC2)Sc2ccccc21)N1CCC(Cc2ccccc2)CC1. The van der Waals surface area contributed by atoms with Gasteiger partial charge in [-0.2, -0.15) is 0 Å². The summed E-state index contributed by atoms with van der Waals surface area (Å²) in [5.74, 6) is 0.147. The molecule has 0 N–H and O–H groups in total. The molecule has 1 atom stereocenters. The standard InChI is InChI=1S/C28H33N3O3S/c32-25(29-17-13-22(14-18-29)19-21-9-3-1-4-10-21)20-31-23-11-5-6-12-24(23)35-26(28(31)34)27(33)30-15-7-2-8-16-30/h1,3-6,9-12,22,26H,2,7-8,13-20H2/t26-/m0/s1. The van der Waals surface area contributed by atoms with Crippen LogP contribution in [0.2, 0.25) is 0 Å². The fourth-order valence-electron chi connectivity index (χ4n) is 5.39. The van der Waals surface area contributed by atoms with Gasteiger partial charge < -0.3 is 14.7 Å². The van der Waals surface area contributed by atoms with Crippen LogP contribution in [-0.4, -0.2) is 65.5 Å². The predicted molar refractivity (Wildman–Crippen MR) is 138 cm³/mol. The lowest BCUT2D eigenvalue weighted by molar-refractivity contribution is -0.137. The fraction of sp³-hybridized carbons (Fsp3) is 0.464. The van der Waals surface area contributed by atoms with E-state index in [4.69, 9.17) is 0 Å². The number of hydrogen-bond acceptors (Lipinski definition) is 4. The van der Waals surface area contributed by atoms with Crippen molar-refractivity contribution in [1.82, 2.24) is 9.80 Å². The van der Waals surface area contributed by atoms with E-state index in [1.165, 1.54) is 17.3 Å². The van der Waals surface area contributed by atoms with Crippen molar-refractivity contribution in [2.45, 2.75) is 48.7 Å². The van der Waals surface area contributed by atoms with Gasteiger partial charge in [-0.3, -0.25) is 14.4 Å². The molecule has 6 nitrogen and oxygen atoms in total. The Hall–Kier alpha value is -2.80. The molecule has 0 spiro atoms. The van der Waals surface area contributed by atoms with Gasteiger partial charge >= 0.3 is 0 Å². The molecule has 7 heteroatoms. The van der Waals surface area contributed by atoms with Crippen LogP contribution in [0.25, 0.3) is 0 Å². The molecule has 2 fully saturated rings. The molecule has 3 aliphatic heterocycles. The predicted octanol–water partition coefficient (Wildman–Crippen LogP) is 3.99. The second-order valence-corrected chi connectivity index (χ2v) is 10.9. The molecule has 0 unspecified atom stereocenters. The van der Waals surface area contributed by atoms with Gasteiger partial charge in [0.05, 0.1) is 5.69 Å². The van der Waals surface area contributed by atoms with Gasteiger partial charge in [-0.05, 0) is 62.1 Å². The van der Waals surface area contributed by atoms with Gasteiger partial charge in [0.25, 0.3) is 5.91 Å². The highest BCUT2D eigenvalue weighted by atomic mass is 32.2. The van der Waals surface area contributed by atoms with Gasteiger partial charge in [0.1, 0.15) is 6.54 Å². The highest BCUT2D eigenvalue weighted by Gasteiger charge is 2.41. The minimum atomic E-state index is -0.813. The first-order valence-corrected chi connectivity index (χ1v) is 13.7. The van der Waals surface area contributed by atoms with E-state index < -0.39 is 5.25 Å². The Morgan fingerprint density at radius 3 is 2.26 bits per heavy atom. The number of fused-ring (bicyclic) bond motifs is 1. The summed E-state index contributed by atoms with van der Waals surface area (Å²) < 4.78 is 0. The zero-order valence-corrected chi connectivity index (χ0v) is 20.9. The van der Waals surface area contributed by atoms with Crippen LogP contribution >= 0.6 is 11.8 Å². The summed E-state index contributed by atoms with van der Waals surface area (Å²) in [6.07, 6.45) is 6.07. The number of para-hydroxylation sites is 1. The molecular weight excluding hydrogens is 458 g/mol. The number of likely N-dealkylation sites (tertiary alicyclic amines) is 2. The Labute approximate surface area is 211 Å². The lowest BCUT2D eigenvalue weighted by Gasteiger charge is -2.38. The topological polar surface area (TPSA) is 60.9 Å². The molecule has 184 valence electrons. The number of thioether (sulfide) groups is 1. The number of piperidine rings is 2. The lowest BCUT2D eigenvalue weighted by Crippen LogP contribution is -2.53. The van der Waals surface area contributed by atoms with E-state index >= 15 is 0 Å². The third-order valence-corrected chi connectivity index (χ3v) is 8.65. The van der Waals surface area contributed by atoms with Crippen molar-refractivity contribution in [3.8, 4) is 0 Å². The van der Waals surface area contributed by atoms with Crippen molar-refractivity contribution in [3.05, 3.63) is 60.2 Å². The second-order valence-electron chi connectivity index (χ2n) is 9.79. The van der Waals surface area contributed by atoms with Crippen molar-refractivity contribution in [1.29, 1.82) is 0 Å². The van der Waals surface area contributed by atoms with E-state index in [0.717, 1.165) is 49.1 Å². The molecule has 0 saturated carbocycles. The van der Waals surface area contributed by atoms with Crippen molar-refractivity contribution in [2.24, 2.45) is 5.92 Å². The Morgan fingerprint density at radius 2 is 1.51 bits per heavy atom. The summed E-state index contributed by atoms with van der Waals surface area (Å²) in [5.41, 5.74) is 2.08. The zero-order chi connectivity index (χ0) is 24.2. The number of hydrogen-bond donors (Lipinski definition) is 0. The van der Waals surface area contributed by atoms with E-state index in [9.17, 15) is 14.4 Å². The fourth-order valence-corrected chi connectivity index (χ4v) is 6.57. The molecule has 2 saturated heterocycles. The van der Waals surface area contributed by atoms with Crippen LogP contribution in [0.3, 0.4) is 0 Å². The number of amides is 3. The zero-order valence-electron chi connectivity index (χ0n) is 20.1. The van der Waals surface area contributed by atoms with Crippen LogP contribution in [-0.2, 0) is 20.8 Å². The largest absolute Gasteiger partial charge is 0.341 e. The molecule has 0 radical (unpaired) electrons. The number of anilines is 1. The summed E-state index contributed by atoms with van der Waals surface area (Å²) >= 11 is 1.33. The molecule has 0 aliphatic carbocycles. The number of nitrogens with zero attached hydrogens (tertiary/aromatic N) is 3. The average Bonchev–Trinajstić information content (AvgIpc) is 2.91. The summed E-state index contributed by atoms with van der Waals surface area (Å²) in [5, 5.41) is -0.813. The average molecular weight is 492 g/mol. The molecule has 35 heavy (non-hydrogen) atoms. The lowest BCUT2D eigenvalue weighted by atomic mass is 9.90. The molecule has 0 bridgehead atoms.